The highest BCUT2D eigenvalue weighted by Gasteiger charge is 2.09. The van der Waals surface area contributed by atoms with E-state index in [0.29, 0.717) is 11.5 Å². The molecule has 0 amide bonds. The predicted octanol–water partition coefficient (Wildman–Crippen LogP) is 2.82. The van der Waals surface area contributed by atoms with Gasteiger partial charge in [-0.25, -0.2) is 9.48 Å². The number of carboxylic acid groups (broad SMARTS) is 1. The molecule has 0 fully saturated rings. The van der Waals surface area contributed by atoms with E-state index in [1.54, 1.807) is 35.0 Å². The Hall–Kier alpha value is -3.08. The van der Waals surface area contributed by atoms with Gasteiger partial charge in [-0.15, -0.1) is 0 Å². The quantitative estimate of drug-likeness (QED) is 0.772. The number of para-hydroxylation sites is 1. The van der Waals surface area contributed by atoms with Crippen LogP contribution >= 0.6 is 0 Å². The fourth-order valence-corrected chi connectivity index (χ4v) is 2.10. The second-order valence-electron chi connectivity index (χ2n) is 4.58. The molecule has 5 heteroatoms. The second kappa shape index (κ2) is 5.13. The molecule has 0 spiro atoms. The van der Waals surface area contributed by atoms with E-state index in [2.05, 4.69) is 5.10 Å². The predicted molar refractivity (Wildman–Crippen MR) is 80.4 cm³/mol. The number of carboxylic acids is 1. The summed E-state index contributed by atoms with van der Waals surface area (Å²) in [4.78, 5) is 10.9. The maximum atomic E-state index is 10.9. The Morgan fingerprint density at radius 1 is 1.05 bits per heavy atom. The monoisotopic (exact) mass is 279 g/mol. The highest BCUT2D eigenvalue weighted by atomic mass is 16.4. The number of hydrogen-bond donors (Lipinski definition) is 2. The molecule has 0 atom stereocenters. The molecule has 0 saturated carbocycles. The highest BCUT2D eigenvalue weighted by Crippen LogP contribution is 2.23. The first-order chi connectivity index (χ1) is 10.1. The lowest BCUT2D eigenvalue weighted by Gasteiger charge is -2.02. The van der Waals surface area contributed by atoms with Crippen LogP contribution in [0.1, 0.15) is 10.4 Å². The molecule has 3 aromatic rings. The summed E-state index contributed by atoms with van der Waals surface area (Å²) in [6.07, 6.45) is 0. The van der Waals surface area contributed by atoms with Crippen LogP contribution in [0.4, 0.5) is 5.82 Å². The minimum Gasteiger partial charge on any atom is -0.478 e. The summed E-state index contributed by atoms with van der Waals surface area (Å²) in [6.45, 7) is 0. The molecule has 0 aliphatic carbocycles. The molecule has 21 heavy (non-hydrogen) atoms. The summed E-state index contributed by atoms with van der Waals surface area (Å²) >= 11 is 0. The van der Waals surface area contributed by atoms with Crippen LogP contribution in [0.25, 0.3) is 16.9 Å². The Balaban J connectivity index is 1.99. The van der Waals surface area contributed by atoms with Gasteiger partial charge in [-0.2, -0.15) is 5.10 Å². The number of aromatic nitrogens is 2. The van der Waals surface area contributed by atoms with Crippen molar-refractivity contribution in [1.29, 1.82) is 0 Å². The Morgan fingerprint density at radius 2 is 1.71 bits per heavy atom. The summed E-state index contributed by atoms with van der Waals surface area (Å²) in [5, 5.41) is 13.4. The number of carbonyl (C=O) groups is 1. The molecule has 3 N–H and O–H groups in total. The van der Waals surface area contributed by atoms with E-state index >= 15 is 0 Å². The minimum atomic E-state index is -0.948. The largest absolute Gasteiger partial charge is 0.478 e. The van der Waals surface area contributed by atoms with E-state index in [1.807, 2.05) is 30.3 Å². The van der Waals surface area contributed by atoms with Crippen molar-refractivity contribution in [3.63, 3.8) is 0 Å². The van der Waals surface area contributed by atoms with Crippen molar-refractivity contribution in [3.05, 3.63) is 66.2 Å². The van der Waals surface area contributed by atoms with Crippen molar-refractivity contribution < 1.29 is 9.90 Å². The molecular formula is C16H13N3O2. The van der Waals surface area contributed by atoms with E-state index < -0.39 is 5.97 Å². The van der Waals surface area contributed by atoms with Crippen LogP contribution in [0.3, 0.4) is 0 Å². The summed E-state index contributed by atoms with van der Waals surface area (Å²) < 4.78 is 1.65. The van der Waals surface area contributed by atoms with E-state index in [9.17, 15) is 4.79 Å². The molecule has 0 unspecified atom stereocenters. The summed E-state index contributed by atoms with van der Waals surface area (Å²) in [6, 6.07) is 17.9. The minimum absolute atomic E-state index is 0.245. The number of nitrogens with two attached hydrogens (primary N) is 1. The average molecular weight is 279 g/mol. The van der Waals surface area contributed by atoms with Gasteiger partial charge in [0.15, 0.2) is 0 Å². The Labute approximate surface area is 121 Å². The molecule has 1 aromatic heterocycles. The van der Waals surface area contributed by atoms with Gasteiger partial charge in [0.1, 0.15) is 5.82 Å². The molecule has 0 saturated heterocycles. The number of rotatable bonds is 3. The number of nitrogen functional groups attached to an aromatic ring is 1. The average Bonchev–Trinajstić information content (AvgIpc) is 2.90. The number of benzene rings is 2. The zero-order valence-electron chi connectivity index (χ0n) is 11.1. The summed E-state index contributed by atoms with van der Waals surface area (Å²) in [5.74, 6) is -0.422. The number of anilines is 1. The van der Waals surface area contributed by atoms with Gasteiger partial charge in [0.2, 0.25) is 0 Å². The maximum Gasteiger partial charge on any atom is 0.335 e. The highest BCUT2D eigenvalue weighted by molar-refractivity contribution is 5.88. The van der Waals surface area contributed by atoms with E-state index in [4.69, 9.17) is 10.8 Å². The number of aromatic carboxylic acids is 1. The lowest BCUT2D eigenvalue weighted by Crippen LogP contribution is -2.01. The maximum absolute atomic E-state index is 10.9. The van der Waals surface area contributed by atoms with Crippen LogP contribution in [0.15, 0.2) is 60.7 Å². The van der Waals surface area contributed by atoms with Crippen molar-refractivity contribution in [1.82, 2.24) is 9.78 Å². The topological polar surface area (TPSA) is 81.1 Å². The fourth-order valence-electron chi connectivity index (χ4n) is 2.10. The van der Waals surface area contributed by atoms with Crippen molar-refractivity contribution in [2.24, 2.45) is 0 Å². The number of hydrogen-bond acceptors (Lipinski definition) is 3. The van der Waals surface area contributed by atoms with Gasteiger partial charge in [0, 0.05) is 11.6 Å². The van der Waals surface area contributed by atoms with Crippen LogP contribution in [0.5, 0.6) is 0 Å². The first-order valence-electron chi connectivity index (χ1n) is 6.40. The Bertz CT molecular complexity index is 777. The van der Waals surface area contributed by atoms with Crippen LogP contribution in [0.2, 0.25) is 0 Å². The van der Waals surface area contributed by atoms with Gasteiger partial charge in [0.05, 0.1) is 16.9 Å². The third-order valence-electron chi connectivity index (χ3n) is 3.17. The van der Waals surface area contributed by atoms with Gasteiger partial charge in [-0.1, -0.05) is 30.3 Å². The van der Waals surface area contributed by atoms with Crippen LogP contribution in [0, 0.1) is 0 Å². The zero-order valence-corrected chi connectivity index (χ0v) is 11.1. The molecule has 0 radical (unpaired) electrons. The van der Waals surface area contributed by atoms with Crippen LogP contribution in [-0.2, 0) is 0 Å². The molecule has 1 heterocycles. The molecule has 0 aliphatic heterocycles. The van der Waals surface area contributed by atoms with Gasteiger partial charge >= 0.3 is 5.97 Å². The lowest BCUT2D eigenvalue weighted by molar-refractivity contribution is 0.0697. The first kappa shape index (κ1) is 12.9. The lowest BCUT2D eigenvalue weighted by atomic mass is 10.1. The normalized spacial score (nSPS) is 10.5. The van der Waals surface area contributed by atoms with E-state index in [-0.39, 0.29) is 5.56 Å². The SMILES string of the molecule is Nc1cc(-c2ccc(C(=O)O)cc2)nn1-c1ccccc1. The Morgan fingerprint density at radius 3 is 2.33 bits per heavy atom. The summed E-state index contributed by atoms with van der Waals surface area (Å²) in [5.41, 5.74) is 8.64. The van der Waals surface area contributed by atoms with Gasteiger partial charge in [-0.05, 0) is 24.3 Å². The van der Waals surface area contributed by atoms with Gasteiger partial charge < -0.3 is 10.8 Å². The third kappa shape index (κ3) is 2.49. The summed E-state index contributed by atoms with van der Waals surface area (Å²) in [7, 11) is 0. The second-order valence-corrected chi connectivity index (χ2v) is 4.58. The van der Waals surface area contributed by atoms with Crippen molar-refractivity contribution in [3.8, 4) is 16.9 Å². The third-order valence-corrected chi connectivity index (χ3v) is 3.17. The van der Waals surface area contributed by atoms with Crippen LogP contribution in [-0.4, -0.2) is 20.9 Å². The van der Waals surface area contributed by atoms with E-state index in [1.165, 1.54) is 0 Å². The van der Waals surface area contributed by atoms with Crippen LogP contribution < -0.4 is 5.73 Å². The van der Waals surface area contributed by atoms with Gasteiger partial charge in [-0.3, -0.25) is 0 Å². The molecule has 3 rings (SSSR count). The van der Waals surface area contributed by atoms with Crippen molar-refractivity contribution in [2.45, 2.75) is 0 Å². The molecule has 0 aliphatic rings. The fraction of sp³-hybridized carbons (Fsp3) is 0. The number of nitrogens with zero attached hydrogens (tertiary/aromatic N) is 2. The van der Waals surface area contributed by atoms with Crippen molar-refractivity contribution in [2.75, 3.05) is 5.73 Å². The first-order valence-corrected chi connectivity index (χ1v) is 6.40. The molecule has 2 aromatic carbocycles. The Kier molecular flexibility index (Phi) is 3.16. The smallest absolute Gasteiger partial charge is 0.335 e. The molecular weight excluding hydrogens is 266 g/mol. The molecule has 0 bridgehead atoms. The standard InChI is InChI=1S/C16H13N3O2/c17-15-10-14(11-6-8-12(9-7-11)16(20)21)18-19(15)13-4-2-1-3-5-13/h1-10H,17H2,(H,20,21). The van der Waals surface area contributed by atoms with Gasteiger partial charge in [0.25, 0.3) is 0 Å². The van der Waals surface area contributed by atoms with Crippen molar-refractivity contribution >= 4 is 11.8 Å². The molecule has 104 valence electrons. The van der Waals surface area contributed by atoms with E-state index in [0.717, 1.165) is 11.3 Å². The molecule has 5 nitrogen and oxygen atoms in total. The zero-order chi connectivity index (χ0) is 14.8.